The molecule has 3 aromatic carbocycles. The van der Waals surface area contributed by atoms with E-state index >= 15 is 0 Å². The molecule has 0 saturated carbocycles. The Hall–Kier alpha value is -1.09. The summed E-state index contributed by atoms with van der Waals surface area (Å²) in [6.45, 7) is 23.2. The summed E-state index contributed by atoms with van der Waals surface area (Å²) in [4.78, 5) is 0. The van der Waals surface area contributed by atoms with Gasteiger partial charge in [0.2, 0.25) is 0 Å². The van der Waals surface area contributed by atoms with Crippen LogP contribution >= 0.6 is 25.5 Å². The fraction of sp³-hybridized carbons (Fsp3) is 0.389. The van der Waals surface area contributed by atoms with Crippen molar-refractivity contribution >= 4 is 36.1 Å². The van der Waals surface area contributed by atoms with E-state index in [0.29, 0.717) is 5.41 Å². The number of allylic oxidation sites excluding steroid dienone is 3. The van der Waals surface area contributed by atoms with Gasteiger partial charge in [-0.05, 0) is 144 Å². The van der Waals surface area contributed by atoms with Crippen LogP contribution in [0.3, 0.4) is 0 Å². The van der Waals surface area contributed by atoms with Crippen molar-refractivity contribution in [1.29, 1.82) is 0 Å². The van der Waals surface area contributed by atoms with Gasteiger partial charge in [-0.3, -0.25) is 0 Å². The van der Waals surface area contributed by atoms with Crippen molar-refractivity contribution in [2.24, 2.45) is 5.41 Å². The Labute approximate surface area is 260 Å². The normalized spacial score (nSPS) is 27.9. The van der Waals surface area contributed by atoms with Gasteiger partial charge in [-0.25, -0.2) is 0 Å². The van der Waals surface area contributed by atoms with Crippen molar-refractivity contribution in [3.8, 4) is 0 Å². The van der Waals surface area contributed by atoms with Crippen LogP contribution in [-0.4, -0.2) is 17.0 Å². The molecule has 0 aliphatic carbocycles. The molecule has 212 valence electrons. The standard InChI is InChI=1S/C24H26P2.C12H18.ClH.Ru/c1-16-15-25(19-11-7-5-8-12-19)23-21-17(2)18(3)22(24(16,23)4)26(21)20-13-9-6-10-14-20;1-7-8(2)10(4)12(6)11(5)9(7)3;;/h5-15,21-23H,1-4H3;1-6H3;1H;/q;;;+2/p+1. The zero-order chi connectivity index (χ0) is 29.5. The minimum absolute atomic E-state index is 0.378. The third-order valence-electron chi connectivity index (χ3n) is 10.9. The zero-order valence-corrected chi connectivity index (χ0v) is 30.3. The average molecular weight is 677 g/mol. The van der Waals surface area contributed by atoms with E-state index in [9.17, 15) is 0 Å². The van der Waals surface area contributed by atoms with Crippen LogP contribution in [0, 0.1) is 47.0 Å². The summed E-state index contributed by atoms with van der Waals surface area (Å²) in [6, 6.07) is 22.9. The molecule has 6 rings (SSSR count). The minimum atomic E-state index is -0.667. The molecule has 2 bridgehead atoms. The number of rotatable bonds is 2. The van der Waals surface area contributed by atoms with Crippen molar-refractivity contribution in [3.63, 3.8) is 0 Å². The third-order valence-corrected chi connectivity index (χ3v) is 18.7. The Morgan fingerprint density at radius 2 is 1.00 bits per heavy atom. The van der Waals surface area contributed by atoms with Gasteiger partial charge in [0.15, 0.2) is 0 Å². The first-order chi connectivity index (χ1) is 19.0. The van der Waals surface area contributed by atoms with Gasteiger partial charge in [0, 0.05) is 0 Å². The van der Waals surface area contributed by atoms with E-state index in [1.807, 2.05) is 17.3 Å². The van der Waals surface area contributed by atoms with E-state index < -0.39 is 15.8 Å². The number of hydrogen-bond donors (Lipinski definition) is 0. The Morgan fingerprint density at radius 3 is 1.43 bits per heavy atom. The summed E-state index contributed by atoms with van der Waals surface area (Å²) in [5.41, 5.74) is 16.6. The van der Waals surface area contributed by atoms with Crippen LogP contribution in [-0.2, 0) is 17.3 Å². The van der Waals surface area contributed by atoms with Crippen LogP contribution in [0.15, 0.2) is 83.2 Å². The predicted molar refractivity (Wildman–Crippen MR) is 181 cm³/mol. The van der Waals surface area contributed by atoms with Crippen molar-refractivity contribution in [2.75, 3.05) is 0 Å². The summed E-state index contributed by atoms with van der Waals surface area (Å²) in [7, 11) is 3.29. The molecule has 1 fully saturated rings. The Kier molecular flexibility index (Phi) is 10.1. The van der Waals surface area contributed by atoms with Crippen molar-refractivity contribution in [2.45, 2.75) is 86.2 Å². The summed E-state index contributed by atoms with van der Waals surface area (Å²) in [5.74, 6) is 2.71. The van der Waals surface area contributed by atoms with Crippen LogP contribution in [0.4, 0.5) is 0 Å². The maximum absolute atomic E-state index is 4.57. The molecule has 0 amide bonds. The first kappa shape index (κ1) is 31.8. The second kappa shape index (κ2) is 12.6. The topological polar surface area (TPSA) is 0 Å². The van der Waals surface area contributed by atoms with E-state index in [-0.39, 0.29) is 0 Å². The molecule has 4 heteroatoms. The van der Waals surface area contributed by atoms with Crippen molar-refractivity contribution in [1.82, 2.24) is 0 Å². The molecule has 0 spiro atoms. The molecular weight excluding hydrogens is 631 g/mol. The van der Waals surface area contributed by atoms with Crippen LogP contribution in [0.1, 0.15) is 61.1 Å². The number of benzene rings is 3. The molecule has 3 heterocycles. The quantitative estimate of drug-likeness (QED) is 0.144. The van der Waals surface area contributed by atoms with Gasteiger partial charge in [0.25, 0.3) is 0 Å². The Morgan fingerprint density at radius 1 is 0.600 bits per heavy atom. The van der Waals surface area contributed by atoms with Gasteiger partial charge < -0.3 is 0 Å². The zero-order valence-electron chi connectivity index (χ0n) is 25.8. The predicted octanol–water partition coefficient (Wildman–Crippen LogP) is 9.68. The molecule has 0 nitrogen and oxygen atoms in total. The molecule has 3 aromatic rings. The van der Waals surface area contributed by atoms with Crippen LogP contribution < -0.4 is 10.6 Å². The second-order valence-corrected chi connectivity index (χ2v) is 17.3. The molecule has 0 aromatic heterocycles. The van der Waals surface area contributed by atoms with Crippen LogP contribution in [0.5, 0.6) is 0 Å². The van der Waals surface area contributed by atoms with Crippen molar-refractivity contribution < 1.29 is 17.3 Å². The van der Waals surface area contributed by atoms with Crippen LogP contribution in [0.2, 0.25) is 0 Å². The van der Waals surface area contributed by atoms with Gasteiger partial charge in [-0.15, -0.1) is 0 Å². The summed E-state index contributed by atoms with van der Waals surface area (Å²) < 4.78 is 0. The fourth-order valence-electron chi connectivity index (χ4n) is 7.86. The summed E-state index contributed by atoms with van der Waals surface area (Å²) in [6.07, 6.45) is 0. The van der Waals surface area contributed by atoms with Gasteiger partial charge in [-0.2, -0.15) is 0 Å². The Bertz CT molecular complexity index is 1340. The molecule has 0 radical (unpaired) electrons. The number of fused-ring (bicyclic) bond motifs is 5. The van der Waals surface area contributed by atoms with E-state index in [4.69, 9.17) is 0 Å². The first-order valence-electron chi connectivity index (χ1n) is 14.4. The van der Waals surface area contributed by atoms with Crippen molar-refractivity contribution in [3.05, 3.63) is 117 Å². The summed E-state index contributed by atoms with van der Waals surface area (Å²) >= 11 is 1.82. The molecule has 6 atom stereocenters. The van der Waals surface area contributed by atoms with Gasteiger partial charge in [0.05, 0.1) is 37.7 Å². The van der Waals surface area contributed by atoms with Gasteiger partial charge >= 0.3 is 27.0 Å². The van der Waals surface area contributed by atoms with Crippen LogP contribution in [0.25, 0.3) is 0 Å². The third kappa shape index (κ3) is 5.07. The molecule has 40 heavy (non-hydrogen) atoms. The molecule has 1 saturated heterocycles. The molecule has 3 aliphatic heterocycles. The van der Waals surface area contributed by atoms with Gasteiger partial charge in [0.1, 0.15) is 17.0 Å². The Balaban J connectivity index is 0.000000223. The summed E-state index contributed by atoms with van der Waals surface area (Å²) in [5, 5.41) is 3.26. The second-order valence-electron chi connectivity index (χ2n) is 12.3. The fourth-order valence-corrected chi connectivity index (χ4v) is 17.6. The average Bonchev–Trinajstić information content (AvgIpc) is 3.53. The molecular formula is C36H46ClP2Ru+3. The molecule has 0 N–H and O–H groups in total. The van der Waals surface area contributed by atoms with E-state index in [1.165, 1.54) is 33.4 Å². The van der Waals surface area contributed by atoms with E-state index in [0.717, 1.165) is 17.0 Å². The van der Waals surface area contributed by atoms with E-state index in [2.05, 4.69) is 145 Å². The first-order valence-corrected chi connectivity index (χ1v) is 19.9. The SMILES string of the molecule is CC1=C[PH+](c2ccccc2)C2C3C(C)=C(C)C([PH+]3c3ccccc3)C12C.Cc1c(C)c(C)c(C)c(C)c1C.[Cl][Ru+]. The van der Waals surface area contributed by atoms with E-state index in [1.54, 1.807) is 27.3 Å². The monoisotopic (exact) mass is 677 g/mol. The number of halogens is 1. The maximum atomic E-state index is 4.57. The van der Waals surface area contributed by atoms with Gasteiger partial charge in [-0.1, -0.05) is 36.4 Å². The molecule has 6 unspecified atom stereocenters. The molecule has 3 aliphatic rings. The number of hydrogen-bond acceptors (Lipinski definition) is 0.